The number of nitrogens with zero attached hydrogens (tertiary/aromatic N) is 2. The molecule has 1 fully saturated rings. The van der Waals surface area contributed by atoms with Crippen LogP contribution in [0.4, 0.5) is 20.6 Å². The first-order valence-electron chi connectivity index (χ1n) is 13.9. The Kier molecular flexibility index (Phi) is 7.14. The van der Waals surface area contributed by atoms with Crippen LogP contribution in [0.1, 0.15) is 82.4 Å². The molecular formula is C31H39FN2O4. The predicted octanol–water partition coefficient (Wildman–Crippen LogP) is 6.49. The summed E-state index contributed by atoms with van der Waals surface area (Å²) in [5.41, 5.74) is 4.79. The standard InChI is InChI=1S/C31H39FN2O4/c1-5-37-28(35)18-22-20-31(26-19-23(32)8-10-25(22)26)12-15-33(16-13-31)24-9-11-27-21(17-24)7-6-14-34(27)29(36)38-30(2,3)4/h8-11,17,19,22H,5-7,12-16,18,20H2,1-4H3/t22-/m1/s1. The van der Waals surface area contributed by atoms with Gasteiger partial charge in [-0.3, -0.25) is 9.69 Å². The van der Waals surface area contributed by atoms with Crippen molar-refractivity contribution in [2.45, 2.75) is 83.2 Å². The Morgan fingerprint density at radius 2 is 1.84 bits per heavy atom. The van der Waals surface area contributed by atoms with E-state index in [-0.39, 0.29) is 29.2 Å². The Labute approximate surface area is 225 Å². The molecule has 2 aromatic carbocycles. The minimum absolute atomic E-state index is 0.0683. The molecule has 204 valence electrons. The van der Waals surface area contributed by atoms with Gasteiger partial charge in [0.25, 0.3) is 0 Å². The summed E-state index contributed by atoms with van der Waals surface area (Å²) in [7, 11) is 0. The van der Waals surface area contributed by atoms with Crippen molar-refractivity contribution in [3.8, 4) is 0 Å². The molecule has 3 aliphatic rings. The van der Waals surface area contributed by atoms with Crippen LogP contribution in [0.15, 0.2) is 36.4 Å². The summed E-state index contributed by atoms with van der Waals surface area (Å²) in [5.74, 6) is -0.331. The molecule has 6 nitrogen and oxygen atoms in total. The average molecular weight is 523 g/mol. The number of ether oxygens (including phenoxy) is 2. The molecule has 0 N–H and O–H groups in total. The molecule has 0 unspecified atom stereocenters. The highest BCUT2D eigenvalue weighted by Gasteiger charge is 2.46. The van der Waals surface area contributed by atoms with E-state index >= 15 is 0 Å². The molecule has 1 spiro atoms. The van der Waals surface area contributed by atoms with E-state index in [0.29, 0.717) is 19.6 Å². The first-order valence-corrected chi connectivity index (χ1v) is 13.9. The minimum atomic E-state index is -0.532. The second-order valence-corrected chi connectivity index (χ2v) is 12.0. The van der Waals surface area contributed by atoms with Gasteiger partial charge in [0.2, 0.25) is 0 Å². The molecule has 0 saturated carbocycles. The topological polar surface area (TPSA) is 59.1 Å². The SMILES string of the molecule is CCOC(=O)C[C@@H]1CC2(CCN(c3ccc4c(c3)CCCN4C(=O)OC(C)(C)C)CC2)c2cc(F)ccc21. The van der Waals surface area contributed by atoms with Gasteiger partial charge in [-0.1, -0.05) is 6.07 Å². The minimum Gasteiger partial charge on any atom is -0.466 e. The highest BCUT2D eigenvalue weighted by atomic mass is 19.1. The third-order valence-electron chi connectivity index (χ3n) is 8.26. The van der Waals surface area contributed by atoms with Crippen molar-refractivity contribution < 1.29 is 23.5 Å². The number of anilines is 2. The van der Waals surface area contributed by atoms with Gasteiger partial charge in [-0.15, -0.1) is 0 Å². The van der Waals surface area contributed by atoms with Crippen LogP contribution in [0.25, 0.3) is 0 Å². The smallest absolute Gasteiger partial charge is 0.414 e. The van der Waals surface area contributed by atoms with Crippen molar-refractivity contribution in [2.24, 2.45) is 0 Å². The van der Waals surface area contributed by atoms with E-state index in [2.05, 4.69) is 17.0 Å². The fourth-order valence-electron chi connectivity index (χ4n) is 6.59. The zero-order valence-corrected chi connectivity index (χ0v) is 23.0. The second kappa shape index (κ2) is 10.2. The zero-order valence-electron chi connectivity index (χ0n) is 23.0. The van der Waals surface area contributed by atoms with Gasteiger partial charge in [0.15, 0.2) is 0 Å². The van der Waals surface area contributed by atoms with Crippen LogP contribution < -0.4 is 9.80 Å². The monoisotopic (exact) mass is 522 g/mol. The van der Waals surface area contributed by atoms with Gasteiger partial charge in [0.05, 0.1) is 18.7 Å². The fraction of sp³-hybridized carbons (Fsp3) is 0.548. The van der Waals surface area contributed by atoms with Crippen molar-refractivity contribution in [3.63, 3.8) is 0 Å². The molecule has 38 heavy (non-hydrogen) atoms. The van der Waals surface area contributed by atoms with Crippen LogP contribution in [0.2, 0.25) is 0 Å². The molecule has 2 aromatic rings. The Bertz CT molecular complexity index is 1210. The maximum absolute atomic E-state index is 14.4. The van der Waals surface area contributed by atoms with Gasteiger partial charge in [0.1, 0.15) is 11.4 Å². The molecule has 2 aliphatic heterocycles. The summed E-state index contributed by atoms with van der Waals surface area (Å²) in [6.45, 7) is 10.2. The maximum Gasteiger partial charge on any atom is 0.414 e. The lowest BCUT2D eigenvalue weighted by molar-refractivity contribution is -0.143. The van der Waals surface area contributed by atoms with Crippen LogP contribution >= 0.6 is 0 Å². The lowest BCUT2D eigenvalue weighted by Gasteiger charge is -2.42. The lowest BCUT2D eigenvalue weighted by atomic mass is 9.73. The quantitative estimate of drug-likeness (QED) is 0.430. The van der Waals surface area contributed by atoms with E-state index in [4.69, 9.17) is 9.47 Å². The molecule has 5 rings (SSSR count). The Hall–Kier alpha value is -3.09. The summed E-state index contributed by atoms with van der Waals surface area (Å²) in [5, 5.41) is 0. The number of carbonyl (C=O) groups is 2. The third kappa shape index (κ3) is 5.25. The number of hydrogen-bond acceptors (Lipinski definition) is 5. The number of halogens is 1. The molecule has 0 aromatic heterocycles. The molecule has 2 heterocycles. The van der Waals surface area contributed by atoms with E-state index in [1.54, 1.807) is 11.0 Å². The Balaban J connectivity index is 1.32. The third-order valence-corrected chi connectivity index (χ3v) is 8.26. The number of rotatable bonds is 4. The summed E-state index contributed by atoms with van der Waals surface area (Å²) >= 11 is 0. The summed E-state index contributed by atoms with van der Waals surface area (Å²) in [6.07, 6.45) is 4.56. The molecule has 1 saturated heterocycles. The van der Waals surface area contributed by atoms with Crippen LogP contribution in [-0.4, -0.2) is 43.9 Å². The van der Waals surface area contributed by atoms with Crippen molar-refractivity contribution in [1.82, 2.24) is 0 Å². The van der Waals surface area contributed by atoms with E-state index in [9.17, 15) is 14.0 Å². The lowest BCUT2D eigenvalue weighted by Crippen LogP contribution is -2.42. The number of benzene rings is 2. The van der Waals surface area contributed by atoms with Gasteiger partial charge in [-0.2, -0.15) is 0 Å². The Morgan fingerprint density at radius 1 is 1.08 bits per heavy atom. The number of esters is 1. The molecular weight excluding hydrogens is 483 g/mol. The number of aryl methyl sites for hydroxylation is 1. The molecule has 1 amide bonds. The average Bonchev–Trinajstić information content (AvgIpc) is 3.14. The van der Waals surface area contributed by atoms with E-state index in [1.807, 2.05) is 39.8 Å². The highest BCUT2D eigenvalue weighted by Crippen LogP contribution is 2.53. The van der Waals surface area contributed by atoms with Crippen molar-refractivity contribution in [2.75, 3.05) is 36.0 Å². The van der Waals surface area contributed by atoms with Crippen LogP contribution in [-0.2, 0) is 26.1 Å². The van der Waals surface area contributed by atoms with Gasteiger partial charge < -0.3 is 14.4 Å². The zero-order chi connectivity index (χ0) is 27.1. The highest BCUT2D eigenvalue weighted by molar-refractivity contribution is 5.90. The molecule has 7 heteroatoms. The van der Waals surface area contributed by atoms with E-state index in [0.717, 1.165) is 67.7 Å². The number of hydrogen-bond donors (Lipinski definition) is 0. The summed E-state index contributed by atoms with van der Waals surface area (Å²) in [4.78, 5) is 29.3. The largest absolute Gasteiger partial charge is 0.466 e. The summed E-state index contributed by atoms with van der Waals surface area (Å²) < 4.78 is 25.2. The van der Waals surface area contributed by atoms with Crippen LogP contribution in [0.3, 0.4) is 0 Å². The van der Waals surface area contributed by atoms with Crippen molar-refractivity contribution in [1.29, 1.82) is 0 Å². The first-order chi connectivity index (χ1) is 18.1. The van der Waals surface area contributed by atoms with Gasteiger partial charge >= 0.3 is 12.1 Å². The first kappa shape index (κ1) is 26.5. The second-order valence-electron chi connectivity index (χ2n) is 12.0. The fourth-order valence-corrected chi connectivity index (χ4v) is 6.59. The Morgan fingerprint density at radius 3 is 2.55 bits per heavy atom. The van der Waals surface area contributed by atoms with E-state index < -0.39 is 5.60 Å². The van der Waals surface area contributed by atoms with Gasteiger partial charge in [-0.05, 0) is 118 Å². The number of fused-ring (bicyclic) bond motifs is 3. The maximum atomic E-state index is 14.4. The summed E-state index contributed by atoms with van der Waals surface area (Å²) in [6, 6.07) is 11.4. The number of carbonyl (C=O) groups excluding carboxylic acids is 2. The van der Waals surface area contributed by atoms with Crippen LogP contribution in [0.5, 0.6) is 0 Å². The molecule has 1 atom stereocenters. The van der Waals surface area contributed by atoms with Crippen molar-refractivity contribution >= 4 is 23.4 Å². The van der Waals surface area contributed by atoms with Crippen LogP contribution in [0, 0.1) is 5.82 Å². The molecule has 1 aliphatic carbocycles. The predicted molar refractivity (Wildman–Crippen MR) is 146 cm³/mol. The normalized spacial score (nSPS) is 20.2. The van der Waals surface area contributed by atoms with E-state index in [1.165, 1.54) is 11.6 Å². The number of amides is 1. The van der Waals surface area contributed by atoms with Gasteiger partial charge in [0, 0.05) is 25.3 Å². The molecule has 0 bridgehead atoms. The van der Waals surface area contributed by atoms with Crippen molar-refractivity contribution in [3.05, 3.63) is 58.9 Å². The number of piperidine rings is 1. The molecule has 0 radical (unpaired) electrons. The van der Waals surface area contributed by atoms with Gasteiger partial charge in [-0.25, -0.2) is 9.18 Å².